The molecule has 0 amide bonds. The quantitative estimate of drug-likeness (QED) is 0.399. The Bertz CT molecular complexity index is 1270. The highest BCUT2D eigenvalue weighted by atomic mass is 35.5. The number of anilines is 1. The summed E-state index contributed by atoms with van der Waals surface area (Å²) in [5, 5.41) is 1.01. The topological polar surface area (TPSA) is 97.3 Å². The number of nitrogens with two attached hydrogens (primary N) is 1. The van der Waals surface area contributed by atoms with E-state index in [1.165, 1.54) is 0 Å². The van der Waals surface area contributed by atoms with Crippen LogP contribution in [0.25, 0.3) is 11.3 Å². The third-order valence-electron chi connectivity index (χ3n) is 5.41. The summed E-state index contributed by atoms with van der Waals surface area (Å²) >= 11 is 12.6. The first-order chi connectivity index (χ1) is 16.5. The molecule has 8 nitrogen and oxygen atoms in total. The van der Waals surface area contributed by atoms with Crippen LogP contribution in [-0.2, 0) is 21.8 Å². The largest absolute Gasteiger partial charge is 0.491 e. The molecular weight excluding hydrogens is 477 g/mol. The second kappa shape index (κ2) is 9.60. The number of imidazole rings is 1. The van der Waals surface area contributed by atoms with Gasteiger partial charge in [-0.05, 0) is 42.5 Å². The summed E-state index contributed by atoms with van der Waals surface area (Å²) in [6.07, 6.45) is 6.56. The molecule has 1 aliphatic heterocycles. The van der Waals surface area contributed by atoms with Gasteiger partial charge in [0, 0.05) is 34.7 Å². The molecule has 0 unspecified atom stereocenters. The van der Waals surface area contributed by atoms with Crippen LogP contribution in [-0.4, -0.2) is 38.8 Å². The fourth-order valence-corrected chi connectivity index (χ4v) is 4.37. The summed E-state index contributed by atoms with van der Waals surface area (Å²) in [5.74, 6) is -0.157. The Labute approximate surface area is 206 Å². The molecule has 2 atom stereocenters. The predicted molar refractivity (Wildman–Crippen MR) is 129 cm³/mol. The van der Waals surface area contributed by atoms with Gasteiger partial charge >= 0.3 is 0 Å². The first kappa shape index (κ1) is 22.6. The van der Waals surface area contributed by atoms with Crippen molar-refractivity contribution in [3.05, 3.63) is 89.1 Å². The van der Waals surface area contributed by atoms with E-state index in [1.807, 2.05) is 41.1 Å². The Balaban J connectivity index is 1.29. The Morgan fingerprint density at radius 1 is 1.12 bits per heavy atom. The van der Waals surface area contributed by atoms with Gasteiger partial charge in [-0.2, -0.15) is 0 Å². The van der Waals surface area contributed by atoms with Gasteiger partial charge in [-0.25, -0.2) is 15.0 Å². The molecule has 3 heterocycles. The van der Waals surface area contributed by atoms with Gasteiger partial charge in [0.15, 0.2) is 0 Å². The molecule has 0 aliphatic carbocycles. The van der Waals surface area contributed by atoms with Crippen LogP contribution in [0.3, 0.4) is 0 Å². The summed E-state index contributed by atoms with van der Waals surface area (Å²) in [6.45, 7) is 1.02. The average molecular weight is 498 g/mol. The van der Waals surface area contributed by atoms with Crippen LogP contribution in [0.15, 0.2) is 73.4 Å². The molecule has 2 N–H and O–H groups in total. The minimum Gasteiger partial charge on any atom is -0.491 e. The lowest BCUT2D eigenvalue weighted by Gasteiger charge is -2.30. The highest BCUT2D eigenvalue weighted by Crippen LogP contribution is 2.40. The first-order valence-corrected chi connectivity index (χ1v) is 11.3. The van der Waals surface area contributed by atoms with E-state index in [9.17, 15) is 0 Å². The number of aromatic nitrogens is 4. The number of rotatable bonds is 7. The van der Waals surface area contributed by atoms with Crippen molar-refractivity contribution >= 4 is 29.2 Å². The zero-order valence-corrected chi connectivity index (χ0v) is 19.5. The van der Waals surface area contributed by atoms with E-state index < -0.39 is 5.79 Å². The monoisotopic (exact) mass is 497 g/mol. The maximum Gasteiger partial charge on any atom is 0.220 e. The molecule has 1 aliphatic rings. The van der Waals surface area contributed by atoms with Gasteiger partial charge in [0.2, 0.25) is 11.7 Å². The molecule has 0 radical (unpaired) electrons. The molecule has 1 saturated heterocycles. The Hall–Kier alpha value is -3.17. The number of nitrogens with zero attached hydrogens (tertiary/aromatic N) is 4. The number of nitrogen functional groups attached to an aromatic ring is 1. The van der Waals surface area contributed by atoms with Crippen LogP contribution >= 0.6 is 23.2 Å². The fourth-order valence-electron chi connectivity index (χ4n) is 3.82. The van der Waals surface area contributed by atoms with E-state index in [2.05, 4.69) is 15.0 Å². The van der Waals surface area contributed by atoms with Crippen molar-refractivity contribution < 1.29 is 14.2 Å². The van der Waals surface area contributed by atoms with E-state index in [-0.39, 0.29) is 12.1 Å². The van der Waals surface area contributed by atoms with Crippen LogP contribution in [0, 0.1) is 0 Å². The van der Waals surface area contributed by atoms with Crippen molar-refractivity contribution in [1.29, 1.82) is 0 Å². The summed E-state index contributed by atoms with van der Waals surface area (Å²) in [4.78, 5) is 12.3. The standard InChI is InChI=1S/C24H21Cl2N5O3/c25-17-3-6-20(21(26)11-17)24(14-31-10-9-28-15-31)33-13-19(34-24)12-32-18-4-1-16(2-5-18)22-7-8-29-23(27)30-22/h1-11,15,19H,12-14H2,(H2,27,29,30)/t19-,24-/m1/s1. The lowest BCUT2D eigenvalue weighted by molar-refractivity contribution is -0.189. The van der Waals surface area contributed by atoms with E-state index >= 15 is 0 Å². The molecule has 0 bridgehead atoms. The van der Waals surface area contributed by atoms with Gasteiger partial charge in [-0.15, -0.1) is 0 Å². The molecule has 5 rings (SSSR count). The van der Waals surface area contributed by atoms with E-state index in [1.54, 1.807) is 36.9 Å². The molecular formula is C24H21Cl2N5O3. The Morgan fingerprint density at radius 2 is 1.97 bits per heavy atom. The zero-order chi connectivity index (χ0) is 23.5. The van der Waals surface area contributed by atoms with Gasteiger partial charge in [-0.3, -0.25) is 0 Å². The third kappa shape index (κ3) is 4.85. The Morgan fingerprint density at radius 3 is 2.71 bits per heavy atom. The second-order valence-electron chi connectivity index (χ2n) is 7.80. The summed E-state index contributed by atoms with van der Waals surface area (Å²) in [6, 6.07) is 14.6. The molecule has 2 aromatic carbocycles. The smallest absolute Gasteiger partial charge is 0.220 e. The van der Waals surface area contributed by atoms with Crippen molar-refractivity contribution in [3.8, 4) is 17.0 Å². The third-order valence-corrected chi connectivity index (χ3v) is 5.96. The summed E-state index contributed by atoms with van der Waals surface area (Å²) in [5.41, 5.74) is 8.03. The molecule has 2 aromatic heterocycles. The molecule has 0 spiro atoms. The van der Waals surface area contributed by atoms with Crippen molar-refractivity contribution in [1.82, 2.24) is 19.5 Å². The van der Waals surface area contributed by atoms with Crippen molar-refractivity contribution in [2.45, 2.75) is 18.4 Å². The van der Waals surface area contributed by atoms with Gasteiger partial charge in [0.1, 0.15) is 18.5 Å². The normalized spacial score (nSPS) is 19.9. The number of ether oxygens (including phenoxy) is 3. The van der Waals surface area contributed by atoms with Crippen LogP contribution in [0.5, 0.6) is 5.75 Å². The SMILES string of the molecule is Nc1nccc(-c2ccc(OC[C@@H]3CO[C@@](Cn4ccnc4)(c4ccc(Cl)cc4Cl)O3)cc2)n1. The molecule has 10 heteroatoms. The number of halogens is 2. The highest BCUT2D eigenvalue weighted by molar-refractivity contribution is 6.35. The number of benzene rings is 2. The second-order valence-corrected chi connectivity index (χ2v) is 8.64. The first-order valence-electron chi connectivity index (χ1n) is 10.6. The van der Waals surface area contributed by atoms with E-state index in [0.717, 1.165) is 11.3 Å². The maximum atomic E-state index is 6.52. The lowest BCUT2D eigenvalue weighted by atomic mass is 10.1. The minimum absolute atomic E-state index is 0.233. The van der Waals surface area contributed by atoms with E-state index in [0.29, 0.717) is 41.1 Å². The molecule has 1 fully saturated rings. The summed E-state index contributed by atoms with van der Waals surface area (Å²) in [7, 11) is 0. The van der Waals surface area contributed by atoms with Crippen LogP contribution in [0.2, 0.25) is 10.0 Å². The van der Waals surface area contributed by atoms with Crippen LogP contribution < -0.4 is 10.5 Å². The maximum absolute atomic E-state index is 6.52. The predicted octanol–water partition coefficient (Wildman–Crippen LogP) is 4.58. The molecule has 34 heavy (non-hydrogen) atoms. The van der Waals surface area contributed by atoms with Crippen LogP contribution in [0.1, 0.15) is 5.56 Å². The lowest BCUT2D eigenvalue weighted by Crippen LogP contribution is -2.34. The van der Waals surface area contributed by atoms with Crippen LogP contribution in [0.4, 0.5) is 5.95 Å². The van der Waals surface area contributed by atoms with Crippen molar-refractivity contribution in [3.63, 3.8) is 0 Å². The van der Waals surface area contributed by atoms with E-state index in [4.69, 9.17) is 43.1 Å². The Kier molecular flexibility index (Phi) is 6.38. The highest BCUT2D eigenvalue weighted by Gasteiger charge is 2.45. The van der Waals surface area contributed by atoms with Gasteiger partial charge in [-0.1, -0.05) is 29.3 Å². The van der Waals surface area contributed by atoms with Gasteiger partial charge < -0.3 is 24.5 Å². The average Bonchev–Trinajstić information content (AvgIpc) is 3.49. The number of hydrogen-bond donors (Lipinski definition) is 1. The minimum atomic E-state index is -1.09. The zero-order valence-electron chi connectivity index (χ0n) is 18.0. The molecule has 0 saturated carbocycles. The van der Waals surface area contributed by atoms with Crippen molar-refractivity contribution in [2.24, 2.45) is 0 Å². The number of hydrogen-bond acceptors (Lipinski definition) is 7. The molecule has 174 valence electrons. The van der Waals surface area contributed by atoms with Crippen molar-refractivity contribution in [2.75, 3.05) is 18.9 Å². The van der Waals surface area contributed by atoms with Gasteiger partial charge in [0.05, 0.1) is 30.2 Å². The fraction of sp³-hybridized carbons (Fsp3) is 0.208. The van der Waals surface area contributed by atoms with Gasteiger partial charge in [0.25, 0.3) is 0 Å². The molecule has 4 aromatic rings. The summed E-state index contributed by atoms with van der Waals surface area (Å²) < 4.78 is 20.5.